The maximum atomic E-state index is 13.9. The van der Waals surface area contributed by atoms with Crippen molar-refractivity contribution in [3.63, 3.8) is 0 Å². The second kappa shape index (κ2) is 8.12. The van der Waals surface area contributed by atoms with Gasteiger partial charge in [-0.1, -0.05) is 6.07 Å². The maximum Gasteiger partial charge on any atom is 0.254 e. The van der Waals surface area contributed by atoms with Gasteiger partial charge in [-0.2, -0.15) is 5.10 Å². The number of fused-ring (bicyclic) bond motifs is 1. The summed E-state index contributed by atoms with van der Waals surface area (Å²) in [6, 6.07) is 7.02. The van der Waals surface area contributed by atoms with E-state index in [4.69, 9.17) is 0 Å². The van der Waals surface area contributed by atoms with Crippen molar-refractivity contribution in [3.8, 4) is 16.9 Å². The van der Waals surface area contributed by atoms with E-state index in [1.54, 1.807) is 41.3 Å². The molecular weight excluding hydrogens is 445 g/mol. The van der Waals surface area contributed by atoms with Gasteiger partial charge in [0.2, 0.25) is 0 Å². The van der Waals surface area contributed by atoms with Crippen LogP contribution >= 0.6 is 0 Å². The molecule has 0 unspecified atom stereocenters. The average Bonchev–Trinajstić information content (AvgIpc) is 3.45. The Labute approximate surface area is 193 Å². The Bertz CT molecular complexity index is 1390. The third-order valence-electron chi connectivity index (χ3n) is 6.31. The summed E-state index contributed by atoms with van der Waals surface area (Å²) in [5, 5.41) is 12.2. The normalized spacial score (nSPS) is 15.5. The Morgan fingerprint density at radius 2 is 1.74 bits per heavy atom. The molecule has 0 bridgehead atoms. The molecule has 1 aliphatic heterocycles. The molecule has 7 nitrogen and oxygen atoms in total. The number of halogens is 3. The van der Waals surface area contributed by atoms with Gasteiger partial charge in [0.05, 0.1) is 23.1 Å². The van der Waals surface area contributed by atoms with Gasteiger partial charge in [-0.15, -0.1) is 10.2 Å². The first kappa shape index (κ1) is 21.9. The molecule has 0 N–H and O–H groups in total. The molecule has 5 rings (SSSR count). The highest BCUT2D eigenvalue weighted by molar-refractivity contribution is 5.95. The van der Waals surface area contributed by atoms with E-state index in [1.165, 1.54) is 4.68 Å². The Morgan fingerprint density at radius 3 is 2.41 bits per heavy atom. The topological polar surface area (TPSA) is 68.8 Å². The summed E-state index contributed by atoms with van der Waals surface area (Å²) in [5.74, 6) is -4.17. The van der Waals surface area contributed by atoms with E-state index in [1.807, 2.05) is 19.9 Å². The van der Waals surface area contributed by atoms with Crippen molar-refractivity contribution < 1.29 is 18.0 Å². The van der Waals surface area contributed by atoms with Crippen molar-refractivity contribution in [2.75, 3.05) is 6.54 Å². The van der Waals surface area contributed by atoms with Gasteiger partial charge in [-0.05, 0) is 50.1 Å². The van der Waals surface area contributed by atoms with Crippen LogP contribution in [0, 0.1) is 24.4 Å². The van der Waals surface area contributed by atoms with Gasteiger partial charge in [-0.3, -0.25) is 14.0 Å². The predicted octanol–water partition coefficient (Wildman–Crippen LogP) is 4.15. The summed E-state index contributed by atoms with van der Waals surface area (Å²) in [6.45, 7) is 4.21. The first-order chi connectivity index (χ1) is 16.3. The molecule has 1 atom stereocenters. The van der Waals surface area contributed by atoms with Crippen molar-refractivity contribution in [1.29, 1.82) is 0 Å². The summed E-state index contributed by atoms with van der Waals surface area (Å²) >= 11 is 0. The number of hydrogen-bond donors (Lipinski definition) is 0. The van der Waals surface area contributed by atoms with Crippen LogP contribution in [0.1, 0.15) is 40.1 Å². The number of aryl methyl sites for hydroxylation is 2. The highest BCUT2D eigenvalue weighted by Crippen LogP contribution is 2.37. The third-order valence-corrected chi connectivity index (χ3v) is 6.31. The minimum absolute atomic E-state index is 0.154. The molecule has 0 saturated carbocycles. The molecule has 0 saturated heterocycles. The molecule has 3 heterocycles. The summed E-state index contributed by atoms with van der Waals surface area (Å²) in [7, 11) is 1.66. The molecule has 174 valence electrons. The Hall–Kier alpha value is -3.95. The molecular formula is C24H21F3N6O. The van der Waals surface area contributed by atoms with Crippen LogP contribution in [0.15, 0.2) is 43.0 Å². The zero-order chi connectivity index (χ0) is 24.1. The van der Waals surface area contributed by atoms with E-state index in [-0.39, 0.29) is 17.5 Å². The van der Waals surface area contributed by atoms with Gasteiger partial charge in [-0.25, -0.2) is 13.2 Å². The van der Waals surface area contributed by atoms with E-state index >= 15 is 0 Å². The van der Waals surface area contributed by atoms with E-state index in [0.29, 0.717) is 29.9 Å². The van der Waals surface area contributed by atoms with Crippen molar-refractivity contribution in [2.24, 2.45) is 7.05 Å². The smallest absolute Gasteiger partial charge is 0.254 e. The van der Waals surface area contributed by atoms with Crippen LogP contribution < -0.4 is 0 Å². The summed E-state index contributed by atoms with van der Waals surface area (Å²) in [6.07, 6.45) is 3.59. The van der Waals surface area contributed by atoms with Crippen molar-refractivity contribution in [3.05, 3.63) is 82.8 Å². The third kappa shape index (κ3) is 3.46. The number of rotatable bonds is 3. The number of hydrogen-bond acceptors (Lipinski definition) is 4. The van der Waals surface area contributed by atoms with Gasteiger partial charge >= 0.3 is 0 Å². The first-order valence-electron chi connectivity index (χ1n) is 10.7. The van der Waals surface area contributed by atoms with E-state index in [9.17, 15) is 18.0 Å². The highest BCUT2D eigenvalue weighted by atomic mass is 19.2. The second-order valence-corrected chi connectivity index (χ2v) is 8.38. The number of nitrogens with zero attached hydrogens (tertiary/aromatic N) is 6. The lowest BCUT2D eigenvalue weighted by molar-refractivity contribution is 0.0673. The number of carbonyl (C=O) groups excluding carboxylic acids is 1. The minimum atomic E-state index is -1.51. The highest BCUT2D eigenvalue weighted by Gasteiger charge is 2.34. The Kier molecular flexibility index (Phi) is 5.22. The van der Waals surface area contributed by atoms with Gasteiger partial charge in [0.1, 0.15) is 12.7 Å². The van der Waals surface area contributed by atoms with Crippen LogP contribution in [-0.4, -0.2) is 41.9 Å². The van der Waals surface area contributed by atoms with Crippen molar-refractivity contribution in [1.82, 2.24) is 29.4 Å². The fraction of sp³-hybridized carbons (Fsp3) is 0.250. The first-order valence-corrected chi connectivity index (χ1v) is 10.7. The lowest BCUT2D eigenvalue weighted by Crippen LogP contribution is -2.39. The van der Waals surface area contributed by atoms with Crippen LogP contribution in [0.2, 0.25) is 0 Å². The fourth-order valence-electron chi connectivity index (χ4n) is 4.59. The van der Waals surface area contributed by atoms with E-state index < -0.39 is 17.5 Å². The molecule has 0 aliphatic carbocycles. The number of carbonyl (C=O) groups is 1. The van der Waals surface area contributed by atoms with Gasteiger partial charge < -0.3 is 4.90 Å². The van der Waals surface area contributed by atoms with Gasteiger partial charge in [0.15, 0.2) is 17.5 Å². The SMILES string of the molecule is Cc1ccc(C(=O)N2CCc3c(nn(C)c3-c3cc(F)c(F)c(F)c3)[C@@H]2C)cc1-n1cnnc1. The number of benzene rings is 2. The minimum Gasteiger partial charge on any atom is -0.330 e. The molecule has 10 heteroatoms. The maximum absolute atomic E-state index is 13.9. The van der Waals surface area contributed by atoms with Gasteiger partial charge in [0, 0.05) is 30.3 Å². The summed E-state index contributed by atoms with van der Waals surface area (Å²) < 4.78 is 44.5. The molecule has 0 fully saturated rings. The molecule has 2 aromatic carbocycles. The molecule has 34 heavy (non-hydrogen) atoms. The van der Waals surface area contributed by atoms with E-state index in [2.05, 4.69) is 15.3 Å². The second-order valence-electron chi connectivity index (χ2n) is 8.38. The standard InChI is InChI=1S/C24H21F3N6O/c1-13-4-5-15(10-20(13)32-11-28-29-12-32)24(34)33-7-6-17-22(14(33)2)30-31(3)23(17)16-8-18(25)21(27)19(26)9-16/h4-5,8-12,14H,6-7H2,1-3H3/t14-/m0/s1. The Morgan fingerprint density at radius 1 is 1.06 bits per heavy atom. The van der Waals surface area contributed by atoms with Crippen molar-refractivity contribution in [2.45, 2.75) is 26.3 Å². The van der Waals surface area contributed by atoms with Crippen LogP contribution in [0.4, 0.5) is 13.2 Å². The zero-order valence-electron chi connectivity index (χ0n) is 18.8. The molecule has 0 radical (unpaired) electrons. The number of aromatic nitrogens is 5. The lowest BCUT2D eigenvalue weighted by atomic mass is 9.94. The van der Waals surface area contributed by atoms with Crippen LogP contribution in [-0.2, 0) is 13.5 Å². The van der Waals surface area contributed by atoms with Gasteiger partial charge in [0.25, 0.3) is 5.91 Å². The zero-order valence-corrected chi connectivity index (χ0v) is 18.8. The molecule has 2 aromatic heterocycles. The lowest BCUT2D eigenvalue weighted by Gasteiger charge is -2.33. The quantitative estimate of drug-likeness (QED) is 0.426. The summed E-state index contributed by atoms with van der Waals surface area (Å²) in [4.78, 5) is 15.2. The summed E-state index contributed by atoms with van der Waals surface area (Å²) in [5.41, 5.74) is 4.45. The molecule has 1 amide bonds. The number of amides is 1. The van der Waals surface area contributed by atoms with E-state index in [0.717, 1.165) is 28.9 Å². The molecule has 0 spiro atoms. The van der Waals surface area contributed by atoms with Crippen LogP contribution in [0.5, 0.6) is 0 Å². The largest absolute Gasteiger partial charge is 0.330 e. The van der Waals surface area contributed by atoms with Crippen LogP contribution in [0.3, 0.4) is 0 Å². The molecule has 1 aliphatic rings. The predicted molar refractivity (Wildman–Crippen MR) is 118 cm³/mol. The molecule has 4 aromatic rings. The fourth-order valence-corrected chi connectivity index (χ4v) is 4.59. The van der Waals surface area contributed by atoms with Crippen LogP contribution in [0.25, 0.3) is 16.9 Å². The monoisotopic (exact) mass is 466 g/mol. The average molecular weight is 466 g/mol. The van der Waals surface area contributed by atoms with Crippen molar-refractivity contribution >= 4 is 5.91 Å². The Balaban J connectivity index is 1.49.